The second-order valence-corrected chi connectivity index (χ2v) is 7.65. The van der Waals surface area contributed by atoms with Gasteiger partial charge in [0, 0.05) is 10.6 Å². The summed E-state index contributed by atoms with van der Waals surface area (Å²) < 4.78 is 13.8. The van der Waals surface area contributed by atoms with Crippen LogP contribution in [0.5, 0.6) is 11.5 Å². The third-order valence-corrected chi connectivity index (χ3v) is 5.10. The molecule has 0 aliphatic heterocycles. The van der Waals surface area contributed by atoms with Crippen molar-refractivity contribution in [1.82, 2.24) is 14.9 Å². The standard InChI is InChI=1S/C24H21ClN4O2S/c1-2-30-22-14-18(10-13-21(22)31-16-17-8-11-20(25)12-9-17)15-26-29-23(27-28-24(29)32)19-6-4-3-5-7-19/h3-15H,2,16H2,1H3,(H,28,32)/b26-15-. The van der Waals surface area contributed by atoms with Crippen LogP contribution >= 0.6 is 23.8 Å². The van der Waals surface area contributed by atoms with Crippen LogP contribution in [0.15, 0.2) is 77.9 Å². The van der Waals surface area contributed by atoms with E-state index in [0.29, 0.717) is 40.3 Å². The molecule has 0 fully saturated rings. The lowest BCUT2D eigenvalue weighted by atomic mass is 10.2. The fourth-order valence-electron chi connectivity index (χ4n) is 3.03. The third kappa shape index (κ3) is 5.25. The Morgan fingerprint density at radius 1 is 1.03 bits per heavy atom. The summed E-state index contributed by atoms with van der Waals surface area (Å²) in [4.78, 5) is 0. The van der Waals surface area contributed by atoms with E-state index in [0.717, 1.165) is 16.7 Å². The number of nitrogens with one attached hydrogen (secondary N) is 1. The van der Waals surface area contributed by atoms with Gasteiger partial charge >= 0.3 is 0 Å². The number of rotatable bonds is 8. The van der Waals surface area contributed by atoms with Gasteiger partial charge in [-0.05, 0) is 60.6 Å². The van der Waals surface area contributed by atoms with Crippen LogP contribution in [-0.4, -0.2) is 27.7 Å². The summed E-state index contributed by atoms with van der Waals surface area (Å²) in [6, 6.07) is 23.0. The van der Waals surface area contributed by atoms with Gasteiger partial charge in [-0.15, -0.1) is 0 Å². The molecular weight excluding hydrogens is 444 g/mol. The second-order valence-electron chi connectivity index (χ2n) is 6.83. The molecule has 0 atom stereocenters. The maximum absolute atomic E-state index is 5.97. The predicted molar refractivity (Wildman–Crippen MR) is 129 cm³/mol. The number of hydrogen-bond donors (Lipinski definition) is 1. The fraction of sp³-hybridized carbons (Fsp3) is 0.125. The zero-order valence-electron chi connectivity index (χ0n) is 17.4. The Morgan fingerprint density at radius 2 is 1.81 bits per heavy atom. The molecule has 0 aliphatic carbocycles. The zero-order valence-corrected chi connectivity index (χ0v) is 18.9. The van der Waals surface area contributed by atoms with E-state index < -0.39 is 0 Å². The molecule has 0 bridgehead atoms. The normalized spacial score (nSPS) is 11.1. The van der Waals surface area contributed by atoms with Crippen LogP contribution in [-0.2, 0) is 6.61 Å². The van der Waals surface area contributed by atoms with Crippen molar-refractivity contribution in [2.24, 2.45) is 5.10 Å². The molecule has 0 saturated heterocycles. The SMILES string of the molecule is CCOc1cc(/C=N\n2c(-c3ccccc3)n[nH]c2=S)ccc1OCc1ccc(Cl)cc1. The molecule has 162 valence electrons. The van der Waals surface area contributed by atoms with E-state index in [1.807, 2.05) is 79.7 Å². The topological polar surface area (TPSA) is 64.4 Å². The van der Waals surface area contributed by atoms with E-state index in [2.05, 4.69) is 15.3 Å². The first-order chi connectivity index (χ1) is 15.6. The molecule has 4 rings (SSSR count). The molecule has 8 heteroatoms. The summed E-state index contributed by atoms with van der Waals surface area (Å²) in [7, 11) is 0. The van der Waals surface area contributed by atoms with E-state index in [-0.39, 0.29) is 0 Å². The van der Waals surface area contributed by atoms with Crippen molar-refractivity contribution >= 4 is 30.0 Å². The van der Waals surface area contributed by atoms with Crippen LogP contribution in [0.25, 0.3) is 11.4 Å². The summed E-state index contributed by atoms with van der Waals surface area (Å²) in [6.45, 7) is 2.86. The van der Waals surface area contributed by atoms with Crippen molar-refractivity contribution < 1.29 is 9.47 Å². The number of nitrogens with zero attached hydrogens (tertiary/aromatic N) is 3. The lowest BCUT2D eigenvalue weighted by Crippen LogP contribution is -2.01. The first kappa shape index (κ1) is 21.8. The Balaban J connectivity index is 1.55. The van der Waals surface area contributed by atoms with Gasteiger partial charge in [0.1, 0.15) is 6.61 Å². The summed E-state index contributed by atoms with van der Waals surface area (Å²) in [5, 5.41) is 12.3. The van der Waals surface area contributed by atoms with Gasteiger partial charge in [-0.2, -0.15) is 14.9 Å². The van der Waals surface area contributed by atoms with Crippen molar-refractivity contribution in [3.8, 4) is 22.9 Å². The Kier molecular flexibility index (Phi) is 6.99. The summed E-state index contributed by atoms with van der Waals surface area (Å²) >= 11 is 11.3. The van der Waals surface area contributed by atoms with Crippen LogP contribution in [0, 0.1) is 4.77 Å². The quantitative estimate of drug-likeness (QED) is 0.252. The van der Waals surface area contributed by atoms with E-state index in [4.69, 9.17) is 33.3 Å². The van der Waals surface area contributed by atoms with Gasteiger partial charge in [0.05, 0.1) is 12.8 Å². The Labute approximate surface area is 196 Å². The highest BCUT2D eigenvalue weighted by molar-refractivity contribution is 7.71. The summed E-state index contributed by atoms with van der Waals surface area (Å²) in [5.41, 5.74) is 2.78. The van der Waals surface area contributed by atoms with Crippen molar-refractivity contribution in [1.29, 1.82) is 0 Å². The largest absolute Gasteiger partial charge is 0.490 e. The molecule has 0 spiro atoms. The van der Waals surface area contributed by atoms with Gasteiger partial charge in [-0.1, -0.05) is 54.1 Å². The van der Waals surface area contributed by atoms with Gasteiger partial charge in [-0.25, -0.2) is 5.10 Å². The maximum Gasteiger partial charge on any atom is 0.216 e. The molecule has 4 aromatic rings. The van der Waals surface area contributed by atoms with Crippen LogP contribution in [0.2, 0.25) is 5.02 Å². The molecular formula is C24H21ClN4O2S. The highest BCUT2D eigenvalue weighted by atomic mass is 35.5. The van der Waals surface area contributed by atoms with Gasteiger partial charge in [0.25, 0.3) is 0 Å². The van der Waals surface area contributed by atoms with Crippen LogP contribution in [0.1, 0.15) is 18.1 Å². The minimum absolute atomic E-state index is 0.410. The van der Waals surface area contributed by atoms with E-state index >= 15 is 0 Å². The van der Waals surface area contributed by atoms with Crippen LogP contribution in [0.3, 0.4) is 0 Å². The van der Waals surface area contributed by atoms with Crippen LogP contribution in [0.4, 0.5) is 0 Å². The summed E-state index contributed by atoms with van der Waals surface area (Å²) in [5.74, 6) is 1.94. The van der Waals surface area contributed by atoms with Crippen molar-refractivity contribution in [3.05, 3.63) is 93.7 Å². The van der Waals surface area contributed by atoms with E-state index in [1.165, 1.54) is 0 Å². The molecule has 0 radical (unpaired) electrons. The van der Waals surface area contributed by atoms with Crippen molar-refractivity contribution in [2.75, 3.05) is 6.61 Å². The van der Waals surface area contributed by atoms with E-state index in [1.54, 1.807) is 10.9 Å². The zero-order chi connectivity index (χ0) is 22.3. The van der Waals surface area contributed by atoms with Crippen molar-refractivity contribution in [3.63, 3.8) is 0 Å². The first-order valence-corrected chi connectivity index (χ1v) is 10.8. The average molecular weight is 465 g/mol. The molecule has 1 heterocycles. The number of aromatic amines is 1. The Morgan fingerprint density at radius 3 is 2.56 bits per heavy atom. The Bertz CT molecular complexity index is 1270. The number of aromatic nitrogens is 3. The minimum Gasteiger partial charge on any atom is -0.490 e. The predicted octanol–water partition coefficient (Wildman–Crippen LogP) is 6.12. The summed E-state index contributed by atoms with van der Waals surface area (Å²) in [6.07, 6.45) is 1.71. The lowest BCUT2D eigenvalue weighted by Gasteiger charge is -2.12. The highest BCUT2D eigenvalue weighted by Crippen LogP contribution is 2.29. The third-order valence-electron chi connectivity index (χ3n) is 4.58. The molecule has 0 unspecified atom stereocenters. The second kappa shape index (κ2) is 10.3. The first-order valence-electron chi connectivity index (χ1n) is 10.1. The van der Waals surface area contributed by atoms with Gasteiger partial charge in [0.15, 0.2) is 17.3 Å². The molecule has 3 aromatic carbocycles. The molecule has 1 aromatic heterocycles. The molecule has 6 nitrogen and oxygen atoms in total. The molecule has 0 amide bonds. The number of benzene rings is 3. The van der Waals surface area contributed by atoms with Gasteiger partial charge < -0.3 is 9.47 Å². The lowest BCUT2D eigenvalue weighted by molar-refractivity contribution is 0.269. The smallest absolute Gasteiger partial charge is 0.216 e. The van der Waals surface area contributed by atoms with Crippen LogP contribution < -0.4 is 9.47 Å². The number of hydrogen-bond acceptors (Lipinski definition) is 5. The minimum atomic E-state index is 0.410. The number of H-pyrrole nitrogens is 1. The van der Waals surface area contributed by atoms with E-state index in [9.17, 15) is 0 Å². The average Bonchev–Trinajstić information content (AvgIpc) is 3.19. The highest BCUT2D eigenvalue weighted by Gasteiger charge is 2.09. The fourth-order valence-corrected chi connectivity index (χ4v) is 3.34. The molecule has 32 heavy (non-hydrogen) atoms. The van der Waals surface area contributed by atoms with Gasteiger partial charge in [-0.3, -0.25) is 0 Å². The molecule has 0 aliphatic rings. The molecule has 0 saturated carbocycles. The monoisotopic (exact) mass is 464 g/mol. The van der Waals surface area contributed by atoms with Gasteiger partial charge in [0.2, 0.25) is 4.77 Å². The number of ether oxygens (including phenoxy) is 2. The maximum atomic E-state index is 5.97. The molecule has 1 N–H and O–H groups in total. The van der Waals surface area contributed by atoms with Crippen molar-refractivity contribution in [2.45, 2.75) is 13.5 Å². The Hall–Kier alpha value is -3.42. The number of halogens is 1.